The van der Waals surface area contributed by atoms with Crippen LogP contribution in [0.15, 0.2) is 4.42 Å². The summed E-state index contributed by atoms with van der Waals surface area (Å²) in [6.07, 6.45) is -1.31. The number of carboxylic acid groups (broad SMARTS) is 1. The highest BCUT2D eigenvalue weighted by atomic mass is 16.4. The van der Waals surface area contributed by atoms with Crippen LogP contribution in [-0.4, -0.2) is 50.6 Å². The second-order valence-corrected chi connectivity index (χ2v) is 3.85. The summed E-state index contributed by atoms with van der Waals surface area (Å²) in [6.45, 7) is 2.13. The van der Waals surface area contributed by atoms with E-state index in [1.807, 2.05) is 0 Å². The van der Waals surface area contributed by atoms with Gasteiger partial charge in [0.25, 0.3) is 0 Å². The standard InChI is InChI=1S/C9H13N3O4/c1-5-10-11-8(16-5)6-2-3-12(9(14)15)4-7(6)13/h6-7,13H,2-4H2,1H3,(H,14,15). The van der Waals surface area contributed by atoms with Crippen molar-refractivity contribution < 1.29 is 19.4 Å². The van der Waals surface area contributed by atoms with Crippen molar-refractivity contribution in [2.75, 3.05) is 13.1 Å². The lowest BCUT2D eigenvalue weighted by Crippen LogP contribution is -2.45. The maximum atomic E-state index is 10.7. The third-order valence-electron chi connectivity index (χ3n) is 2.71. The summed E-state index contributed by atoms with van der Waals surface area (Å²) in [5, 5.41) is 26.1. The fraction of sp³-hybridized carbons (Fsp3) is 0.667. The number of rotatable bonds is 1. The number of aliphatic hydroxyl groups is 1. The largest absolute Gasteiger partial charge is 0.465 e. The molecule has 1 aromatic heterocycles. The molecule has 1 fully saturated rings. The maximum absolute atomic E-state index is 10.7. The van der Waals surface area contributed by atoms with Gasteiger partial charge in [0.1, 0.15) is 0 Å². The van der Waals surface area contributed by atoms with Crippen LogP contribution < -0.4 is 0 Å². The number of aryl methyl sites for hydroxylation is 1. The van der Waals surface area contributed by atoms with E-state index in [2.05, 4.69) is 10.2 Å². The Morgan fingerprint density at radius 3 is 2.81 bits per heavy atom. The second kappa shape index (κ2) is 4.09. The number of aromatic nitrogens is 2. The Labute approximate surface area is 91.7 Å². The Kier molecular flexibility index (Phi) is 2.78. The molecule has 1 saturated heterocycles. The van der Waals surface area contributed by atoms with Crippen molar-refractivity contribution in [2.45, 2.75) is 25.4 Å². The minimum Gasteiger partial charge on any atom is -0.465 e. The summed E-state index contributed by atoms with van der Waals surface area (Å²) in [4.78, 5) is 11.9. The molecule has 0 spiro atoms. The summed E-state index contributed by atoms with van der Waals surface area (Å²) in [6, 6.07) is 0. The zero-order chi connectivity index (χ0) is 11.7. The first-order chi connectivity index (χ1) is 7.58. The molecule has 0 aromatic carbocycles. The van der Waals surface area contributed by atoms with Gasteiger partial charge in [-0.15, -0.1) is 10.2 Å². The SMILES string of the molecule is Cc1nnc(C2CCN(C(=O)O)CC2O)o1. The number of nitrogens with zero attached hydrogens (tertiary/aromatic N) is 3. The molecular formula is C9H13N3O4. The second-order valence-electron chi connectivity index (χ2n) is 3.85. The molecule has 16 heavy (non-hydrogen) atoms. The first-order valence-corrected chi connectivity index (χ1v) is 5.04. The Morgan fingerprint density at radius 2 is 2.31 bits per heavy atom. The van der Waals surface area contributed by atoms with Crippen molar-refractivity contribution in [3.8, 4) is 0 Å². The van der Waals surface area contributed by atoms with Crippen LogP contribution in [0, 0.1) is 6.92 Å². The van der Waals surface area contributed by atoms with Crippen molar-refractivity contribution in [1.29, 1.82) is 0 Å². The van der Waals surface area contributed by atoms with E-state index in [1.54, 1.807) is 6.92 Å². The molecular weight excluding hydrogens is 214 g/mol. The number of hydrogen-bond donors (Lipinski definition) is 2. The van der Waals surface area contributed by atoms with Gasteiger partial charge in [0.15, 0.2) is 0 Å². The molecule has 88 valence electrons. The molecule has 0 bridgehead atoms. The van der Waals surface area contributed by atoms with Gasteiger partial charge in [-0.1, -0.05) is 0 Å². The predicted molar refractivity (Wildman–Crippen MR) is 52.0 cm³/mol. The van der Waals surface area contributed by atoms with Gasteiger partial charge in [0.05, 0.1) is 18.6 Å². The Morgan fingerprint density at radius 1 is 1.56 bits per heavy atom. The topological polar surface area (TPSA) is 99.7 Å². The molecule has 0 radical (unpaired) electrons. The number of piperidine rings is 1. The summed E-state index contributed by atoms with van der Waals surface area (Å²) < 4.78 is 5.24. The minimum absolute atomic E-state index is 0.0847. The molecule has 1 aromatic rings. The van der Waals surface area contributed by atoms with E-state index in [0.29, 0.717) is 24.7 Å². The number of likely N-dealkylation sites (tertiary alicyclic amines) is 1. The number of carbonyl (C=O) groups is 1. The maximum Gasteiger partial charge on any atom is 0.407 e. The van der Waals surface area contributed by atoms with Gasteiger partial charge in [0, 0.05) is 13.5 Å². The third kappa shape index (κ3) is 1.99. The summed E-state index contributed by atoms with van der Waals surface area (Å²) >= 11 is 0. The van der Waals surface area contributed by atoms with Gasteiger partial charge in [-0.25, -0.2) is 4.79 Å². The van der Waals surface area contributed by atoms with Crippen molar-refractivity contribution in [1.82, 2.24) is 15.1 Å². The molecule has 2 atom stereocenters. The van der Waals surface area contributed by atoms with Crippen LogP contribution in [0.2, 0.25) is 0 Å². The van der Waals surface area contributed by atoms with Gasteiger partial charge in [-0.3, -0.25) is 0 Å². The van der Waals surface area contributed by atoms with E-state index in [4.69, 9.17) is 9.52 Å². The number of β-amino-alcohol motifs (C(OH)–C–C–N with tert-alkyl or cyclic N) is 1. The van der Waals surface area contributed by atoms with Crippen molar-refractivity contribution >= 4 is 6.09 Å². The summed E-state index contributed by atoms with van der Waals surface area (Å²) in [5.41, 5.74) is 0. The first kappa shape index (κ1) is 10.9. The molecule has 7 nitrogen and oxygen atoms in total. The smallest absolute Gasteiger partial charge is 0.407 e. The lowest BCUT2D eigenvalue weighted by Gasteiger charge is -2.32. The van der Waals surface area contributed by atoms with Gasteiger partial charge in [0.2, 0.25) is 11.8 Å². The Balaban J connectivity index is 2.07. The van der Waals surface area contributed by atoms with Crippen LogP contribution in [0.3, 0.4) is 0 Å². The van der Waals surface area contributed by atoms with Crippen molar-refractivity contribution in [3.05, 3.63) is 11.8 Å². The molecule has 1 amide bonds. The van der Waals surface area contributed by atoms with E-state index in [-0.39, 0.29) is 12.5 Å². The van der Waals surface area contributed by atoms with Crippen molar-refractivity contribution in [2.24, 2.45) is 0 Å². The summed E-state index contributed by atoms with van der Waals surface area (Å²) in [7, 11) is 0. The average Bonchev–Trinajstić information content (AvgIpc) is 2.64. The van der Waals surface area contributed by atoms with Crippen molar-refractivity contribution in [3.63, 3.8) is 0 Å². The monoisotopic (exact) mass is 227 g/mol. The lowest BCUT2D eigenvalue weighted by molar-refractivity contribution is 0.0429. The molecule has 0 saturated carbocycles. The molecule has 1 aliphatic heterocycles. The predicted octanol–water partition coefficient (Wildman–Crippen LogP) is 0.206. The molecule has 1 aliphatic rings. The summed E-state index contributed by atoms with van der Waals surface area (Å²) in [5.74, 6) is 0.565. The van der Waals surface area contributed by atoms with Crippen LogP contribution in [0.5, 0.6) is 0 Å². The van der Waals surface area contributed by atoms with E-state index in [9.17, 15) is 9.90 Å². The highest BCUT2D eigenvalue weighted by Crippen LogP contribution is 2.27. The lowest BCUT2D eigenvalue weighted by atomic mass is 9.94. The highest BCUT2D eigenvalue weighted by molar-refractivity contribution is 5.65. The molecule has 0 aliphatic carbocycles. The van der Waals surface area contributed by atoms with Gasteiger partial charge in [-0.2, -0.15) is 0 Å². The fourth-order valence-electron chi connectivity index (χ4n) is 1.86. The minimum atomic E-state index is -1.01. The molecule has 2 heterocycles. The van der Waals surface area contributed by atoms with E-state index in [0.717, 1.165) is 0 Å². The van der Waals surface area contributed by atoms with Crippen LogP contribution in [0.1, 0.15) is 24.1 Å². The van der Waals surface area contributed by atoms with Crippen LogP contribution >= 0.6 is 0 Å². The van der Waals surface area contributed by atoms with Crippen LogP contribution in [-0.2, 0) is 0 Å². The zero-order valence-electron chi connectivity index (χ0n) is 8.83. The fourth-order valence-corrected chi connectivity index (χ4v) is 1.86. The average molecular weight is 227 g/mol. The van der Waals surface area contributed by atoms with E-state index < -0.39 is 12.2 Å². The first-order valence-electron chi connectivity index (χ1n) is 5.04. The normalized spacial score (nSPS) is 25.8. The number of aliphatic hydroxyl groups excluding tert-OH is 1. The quantitative estimate of drug-likeness (QED) is 0.711. The molecule has 2 rings (SSSR count). The Hall–Kier alpha value is -1.63. The Bertz CT molecular complexity index is 392. The zero-order valence-corrected chi connectivity index (χ0v) is 8.83. The van der Waals surface area contributed by atoms with E-state index >= 15 is 0 Å². The van der Waals surface area contributed by atoms with Gasteiger partial charge >= 0.3 is 6.09 Å². The highest BCUT2D eigenvalue weighted by Gasteiger charge is 2.34. The molecule has 2 N–H and O–H groups in total. The number of amides is 1. The molecule has 2 unspecified atom stereocenters. The van der Waals surface area contributed by atoms with Gasteiger partial charge < -0.3 is 19.5 Å². The third-order valence-corrected chi connectivity index (χ3v) is 2.71. The van der Waals surface area contributed by atoms with Crippen LogP contribution in [0.25, 0.3) is 0 Å². The number of hydrogen-bond acceptors (Lipinski definition) is 5. The van der Waals surface area contributed by atoms with Crippen LogP contribution in [0.4, 0.5) is 4.79 Å². The van der Waals surface area contributed by atoms with E-state index in [1.165, 1.54) is 4.90 Å². The van der Waals surface area contributed by atoms with Gasteiger partial charge in [-0.05, 0) is 6.42 Å². The molecule has 7 heteroatoms.